The van der Waals surface area contributed by atoms with E-state index in [4.69, 9.17) is 4.74 Å². The molecular weight excluding hydrogens is 451 g/mol. The van der Waals surface area contributed by atoms with Gasteiger partial charge in [0, 0.05) is 62.5 Å². The van der Waals surface area contributed by atoms with E-state index in [1.54, 1.807) is 7.11 Å². The number of nitrogens with zero attached hydrogens (tertiary/aromatic N) is 3. The maximum Gasteiger partial charge on any atom is 0.255 e. The average Bonchev–Trinajstić information content (AvgIpc) is 3.18. The topological polar surface area (TPSA) is 82.2 Å². The van der Waals surface area contributed by atoms with E-state index in [0.29, 0.717) is 5.56 Å². The number of nitrogens with one attached hydrogen (secondary N) is 1. The Balaban J connectivity index is 1.25. The summed E-state index contributed by atoms with van der Waals surface area (Å²) in [5.74, 6) is -0.751. The molecule has 35 heavy (non-hydrogen) atoms. The number of hydrogen-bond donors (Lipinski definition) is 1. The van der Waals surface area contributed by atoms with Crippen molar-refractivity contribution in [2.75, 3.05) is 44.7 Å². The molecule has 2 saturated heterocycles. The van der Waals surface area contributed by atoms with Crippen molar-refractivity contribution in [2.45, 2.75) is 31.8 Å². The monoisotopic (exact) mass is 480 g/mol. The van der Waals surface area contributed by atoms with Crippen LogP contribution in [0, 0.1) is 5.82 Å². The molecule has 9 heteroatoms. The number of benzene rings is 2. The predicted octanol–water partition coefficient (Wildman–Crippen LogP) is 1.96. The quantitative estimate of drug-likeness (QED) is 0.637. The van der Waals surface area contributed by atoms with Crippen LogP contribution in [0.2, 0.25) is 0 Å². The molecule has 184 valence electrons. The average molecular weight is 481 g/mol. The first-order chi connectivity index (χ1) is 16.9. The molecule has 2 aromatic rings. The number of imide groups is 1. The van der Waals surface area contributed by atoms with Gasteiger partial charge in [0.25, 0.3) is 5.91 Å². The van der Waals surface area contributed by atoms with Gasteiger partial charge in [0.1, 0.15) is 17.6 Å². The van der Waals surface area contributed by atoms with Crippen LogP contribution in [-0.2, 0) is 22.6 Å². The van der Waals surface area contributed by atoms with Crippen molar-refractivity contribution in [3.63, 3.8) is 0 Å². The summed E-state index contributed by atoms with van der Waals surface area (Å²) in [6.07, 6.45) is 1.39. The van der Waals surface area contributed by atoms with E-state index in [1.807, 2.05) is 12.1 Å². The van der Waals surface area contributed by atoms with Gasteiger partial charge in [-0.1, -0.05) is 12.1 Å². The number of carbonyl (C=O) groups is 3. The van der Waals surface area contributed by atoms with Gasteiger partial charge in [-0.15, -0.1) is 0 Å². The van der Waals surface area contributed by atoms with Crippen molar-refractivity contribution in [1.29, 1.82) is 0 Å². The summed E-state index contributed by atoms with van der Waals surface area (Å²) in [7, 11) is 1.67. The van der Waals surface area contributed by atoms with Crippen molar-refractivity contribution in [3.8, 4) is 5.75 Å². The molecular formula is C26H29FN4O4. The molecule has 0 aromatic heterocycles. The molecule has 0 bridgehead atoms. The minimum atomic E-state index is -0.711. The van der Waals surface area contributed by atoms with E-state index in [1.165, 1.54) is 22.6 Å². The third-order valence-corrected chi connectivity index (χ3v) is 7.16. The van der Waals surface area contributed by atoms with Crippen molar-refractivity contribution >= 4 is 23.4 Å². The Morgan fingerprint density at radius 2 is 1.89 bits per heavy atom. The Morgan fingerprint density at radius 3 is 2.63 bits per heavy atom. The molecule has 0 saturated carbocycles. The van der Waals surface area contributed by atoms with Gasteiger partial charge < -0.3 is 14.5 Å². The summed E-state index contributed by atoms with van der Waals surface area (Å²) in [6, 6.07) is 10.1. The summed E-state index contributed by atoms with van der Waals surface area (Å²) < 4.78 is 19.9. The number of anilines is 1. The largest absolute Gasteiger partial charge is 0.497 e. The molecule has 0 radical (unpaired) electrons. The maximum absolute atomic E-state index is 14.6. The first-order valence-electron chi connectivity index (χ1n) is 12.0. The third-order valence-electron chi connectivity index (χ3n) is 7.16. The molecule has 3 amide bonds. The van der Waals surface area contributed by atoms with Crippen molar-refractivity contribution in [3.05, 3.63) is 58.9 Å². The SMILES string of the molecule is COc1cccc(CCN2CCN(c3cc(F)cc4c3CN(C3CCC(=O)NC3=O)C4=O)CC2)c1. The van der Waals surface area contributed by atoms with E-state index < -0.39 is 17.8 Å². The standard InChI is InChI=1S/C26H29FN4O4/c1-35-19-4-2-3-17(13-19)7-8-29-9-11-30(12-10-29)23-15-18(27)14-20-21(23)16-31(26(20)34)22-5-6-24(32)28-25(22)33/h2-4,13-15,22H,5-12,16H2,1H3,(H,28,32,33). The van der Waals surface area contributed by atoms with Crippen LogP contribution >= 0.6 is 0 Å². The molecule has 3 aliphatic heterocycles. The van der Waals surface area contributed by atoms with Crippen LogP contribution in [0.1, 0.15) is 34.3 Å². The molecule has 0 aliphatic carbocycles. The van der Waals surface area contributed by atoms with Gasteiger partial charge in [-0.2, -0.15) is 0 Å². The van der Waals surface area contributed by atoms with E-state index in [2.05, 4.69) is 27.2 Å². The third kappa shape index (κ3) is 4.73. The van der Waals surface area contributed by atoms with Gasteiger partial charge in [-0.3, -0.25) is 24.6 Å². The number of amides is 3. The second-order valence-corrected chi connectivity index (χ2v) is 9.28. The first kappa shape index (κ1) is 23.3. The molecule has 8 nitrogen and oxygen atoms in total. The van der Waals surface area contributed by atoms with Crippen LogP contribution in [0.15, 0.2) is 36.4 Å². The zero-order valence-corrected chi connectivity index (χ0v) is 19.8. The van der Waals surface area contributed by atoms with E-state index in [0.717, 1.165) is 56.1 Å². The van der Waals surface area contributed by atoms with Crippen LogP contribution in [-0.4, -0.2) is 73.4 Å². The highest BCUT2D eigenvalue weighted by Crippen LogP contribution is 2.35. The Kier molecular flexibility index (Phi) is 6.42. The fraction of sp³-hybridized carbons (Fsp3) is 0.423. The molecule has 2 fully saturated rings. The lowest BCUT2D eigenvalue weighted by molar-refractivity contribution is -0.136. The van der Waals surface area contributed by atoms with Crippen LogP contribution < -0.4 is 15.0 Å². The zero-order valence-electron chi connectivity index (χ0n) is 19.8. The minimum Gasteiger partial charge on any atom is -0.497 e. The number of piperidine rings is 1. The van der Waals surface area contributed by atoms with Gasteiger partial charge in [-0.05, 0) is 42.7 Å². The normalized spacial score (nSPS) is 20.7. The summed E-state index contributed by atoms with van der Waals surface area (Å²) >= 11 is 0. The smallest absolute Gasteiger partial charge is 0.255 e. The molecule has 3 aliphatic rings. The Labute approximate surface area is 203 Å². The second kappa shape index (κ2) is 9.65. The maximum atomic E-state index is 14.6. The molecule has 1 atom stereocenters. The number of fused-ring (bicyclic) bond motifs is 1. The van der Waals surface area contributed by atoms with E-state index >= 15 is 0 Å². The van der Waals surface area contributed by atoms with Gasteiger partial charge in [0.05, 0.1) is 7.11 Å². The number of rotatable bonds is 6. The van der Waals surface area contributed by atoms with Crippen molar-refractivity contribution in [1.82, 2.24) is 15.1 Å². The Morgan fingerprint density at radius 1 is 1.09 bits per heavy atom. The van der Waals surface area contributed by atoms with Crippen LogP contribution in [0.3, 0.4) is 0 Å². The van der Waals surface area contributed by atoms with E-state index in [-0.39, 0.29) is 31.2 Å². The number of hydrogen-bond acceptors (Lipinski definition) is 6. The summed E-state index contributed by atoms with van der Waals surface area (Å²) in [5, 5.41) is 2.31. The summed E-state index contributed by atoms with van der Waals surface area (Å²) in [6.45, 7) is 4.28. The molecule has 3 heterocycles. The molecule has 1 unspecified atom stereocenters. The Bertz CT molecular complexity index is 1160. The predicted molar refractivity (Wildman–Crippen MR) is 128 cm³/mol. The molecule has 2 aromatic carbocycles. The number of methoxy groups -OCH3 is 1. The number of carbonyl (C=O) groups excluding carboxylic acids is 3. The summed E-state index contributed by atoms with van der Waals surface area (Å²) in [4.78, 5) is 42.9. The highest BCUT2D eigenvalue weighted by atomic mass is 19.1. The fourth-order valence-electron chi connectivity index (χ4n) is 5.22. The lowest BCUT2D eigenvalue weighted by atomic mass is 10.0. The zero-order chi connectivity index (χ0) is 24.5. The van der Waals surface area contributed by atoms with Crippen LogP contribution in [0.25, 0.3) is 0 Å². The lowest BCUT2D eigenvalue weighted by Crippen LogP contribution is -2.52. The second-order valence-electron chi connectivity index (χ2n) is 9.28. The highest BCUT2D eigenvalue weighted by molar-refractivity contribution is 6.06. The van der Waals surface area contributed by atoms with Crippen molar-refractivity contribution < 1.29 is 23.5 Å². The number of ether oxygens (including phenoxy) is 1. The van der Waals surface area contributed by atoms with Crippen LogP contribution in [0.4, 0.5) is 10.1 Å². The lowest BCUT2D eigenvalue weighted by Gasteiger charge is -2.37. The molecule has 5 rings (SSSR count). The van der Waals surface area contributed by atoms with Gasteiger partial charge in [-0.25, -0.2) is 4.39 Å². The summed E-state index contributed by atoms with van der Waals surface area (Å²) in [5.41, 5.74) is 3.01. The molecule has 0 spiro atoms. The number of halogens is 1. The van der Waals surface area contributed by atoms with Crippen LogP contribution in [0.5, 0.6) is 5.75 Å². The molecule has 1 N–H and O–H groups in total. The van der Waals surface area contributed by atoms with E-state index in [9.17, 15) is 18.8 Å². The van der Waals surface area contributed by atoms with Crippen molar-refractivity contribution in [2.24, 2.45) is 0 Å². The fourth-order valence-corrected chi connectivity index (χ4v) is 5.22. The van der Waals surface area contributed by atoms with Gasteiger partial charge in [0.2, 0.25) is 11.8 Å². The number of piperazine rings is 1. The van der Waals surface area contributed by atoms with Gasteiger partial charge in [0.15, 0.2) is 0 Å². The Hall–Kier alpha value is -3.46. The minimum absolute atomic E-state index is 0.190. The first-order valence-corrected chi connectivity index (χ1v) is 12.0. The van der Waals surface area contributed by atoms with Gasteiger partial charge >= 0.3 is 0 Å². The highest BCUT2D eigenvalue weighted by Gasteiger charge is 2.41.